The van der Waals surface area contributed by atoms with Crippen molar-refractivity contribution in [3.05, 3.63) is 17.7 Å². The Bertz CT molecular complexity index is 1040. The number of aromatic nitrogens is 1. The first kappa shape index (κ1) is 27.4. The van der Waals surface area contributed by atoms with Crippen LogP contribution in [0, 0.1) is 11.8 Å². The van der Waals surface area contributed by atoms with Crippen LogP contribution in [0.5, 0.6) is 17.4 Å². The molecule has 9 nitrogen and oxygen atoms in total. The molecule has 0 unspecified atom stereocenters. The van der Waals surface area contributed by atoms with E-state index in [2.05, 4.69) is 22.7 Å². The number of anilines is 1. The smallest absolute Gasteiger partial charge is 0.414 e. The lowest BCUT2D eigenvalue weighted by molar-refractivity contribution is -0.121. The third kappa shape index (κ3) is 6.71. The number of amides is 2. The molecule has 1 heterocycles. The molecule has 0 saturated heterocycles. The van der Waals surface area contributed by atoms with Crippen molar-refractivity contribution in [3.63, 3.8) is 0 Å². The second-order valence-corrected chi connectivity index (χ2v) is 9.90. The molecule has 1 aromatic heterocycles. The molecule has 198 valence electrons. The topological polar surface area (TPSA) is 134 Å². The van der Waals surface area contributed by atoms with Gasteiger partial charge in [-0.25, -0.2) is 4.79 Å². The lowest BCUT2D eigenvalue weighted by Crippen LogP contribution is -2.29. The summed E-state index contributed by atoms with van der Waals surface area (Å²) in [7, 11) is 0. The van der Waals surface area contributed by atoms with E-state index in [1.54, 1.807) is 13.0 Å². The first-order valence-corrected chi connectivity index (χ1v) is 13.1. The van der Waals surface area contributed by atoms with Gasteiger partial charge in [-0.3, -0.25) is 4.79 Å². The second-order valence-electron chi connectivity index (χ2n) is 9.90. The van der Waals surface area contributed by atoms with E-state index in [0.717, 1.165) is 25.7 Å². The van der Waals surface area contributed by atoms with Gasteiger partial charge < -0.3 is 30.1 Å². The molecule has 1 saturated carbocycles. The zero-order valence-electron chi connectivity index (χ0n) is 21.7. The van der Waals surface area contributed by atoms with Gasteiger partial charge in [0.25, 0.3) is 5.88 Å². The second kappa shape index (κ2) is 12.6. The molecule has 0 aliphatic heterocycles. The van der Waals surface area contributed by atoms with Crippen molar-refractivity contribution in [3.8, 4) is 28.7 Å². The predicted molar refractivity (Wildman–Crippen MR) is 137 cm³/mol. The zero-order valence-corrected chi connectivity index (χ0v) is 21.7. The van der Waals surface area contributed by atoms with Gasteiger partial charge in [-0.05, 0) is 61.2 Å². The SMILES string of the molecule is CCCCCC1CCC(C(=O)Nc2c(OC(=O)NCC)noc2-c2cc(C(C)C)c(O)cc2O)CC1. The van der Waals surface area contributed by atoms with Crippen LogP contribution in [0.25, 0.3) is 11.3 Å². The molecule has 1 aromatic carbocycles. The Labute approximate surface area is 212 Å². The van der Waals surface area contributed by atoms with Gasteiger partial charge >= 0.3 is 6.09 Å². The summed E-state index contributed by atoms with van der Waals surface area (Å²) in [6.45, 7) is 8.11. The van der Waals surface area contributed by atoms with Crippen LogP contribution in [-0.4, -0.2) is 33.9 Å². The quantitative estimate of drug-likeness (QED) is 0.280. The molecule has 0 radical (unpaired) electrons. The number of aromatic hydroxyl groups is 2. The molecule has 0 spiro atoms. The number of hydrogen-bond donors (Lipinski definition) is 4. The van der Waals surface area contributed by atoms with Gasteiger partial charge in [0, 0.05) is 18.5 Å². The Morgan fingerprint density at radius 3 is 2.47 bits per heavy atom. The molecule has 0 bridgehead atoms. The molecule has 3 rings (SSSR count). The Morgan fingerprint density at radius 2 is 1.83 bits per heavy atom. The lowest BCUT2D eigenvalue weighted by atomic mass is 9.79. The highest BCUT2D eigenvalue weighted by Gasteiger charge is 2.31. The van der Waals surface area contributed by atoms with E-state index in [0.29, 0.717) is 18.0 Å². The maximum atomic E-state index is 13.3. The number of benzene rings is 1. The van der Waals surface area contributed by atoms with Gasteiger partial charge in [0.2, 0.25) is 5.91 Å². The van der Waals surface area contributed by atoms with Gasteiger partial charge in [-0.15, -0.1) is 0 Å². The van der Waals surface area contributed by atoms with Crippen molar-refractivity contribution >= 4 is 17.7 Å². The molecule has 36 heavy (non-hydrogen) atoms. The fourth-order valence-corrected chi connectivity index (χ4v) is 4.77. The van der Waals surface area contributed by atoms with Gasteiger partial charge in [0.1, 0.15) is 11.5 Å². The summed E-state index contributed by atoms with van der Waals surface area (Å²) in [6, 6.07) is 2.81. The lowest BCUT2D eigenvalue weighted by Gasteiger charge is -2.27. The average Bonchev–Trinajstić information content (AvgIpc) is 3.21. The molecule has 9 heteroatoms. The van der Waals surface area contributed by atoms with Gasteiger partial charge in [-0.2, -0.15) is 0 Å². The summed E-state index contributed by atoms with van der Waals surface area (Å²) < 4.78 is 10.8. The van der Waals surface area contributed by atoms with Crippen molar-refractivity contribution in [2.24, 2.45) is 11.8 Å². The molecule has 2 aromatic rings. The van der Waals surface area contributed by atoms with Crippen molar-refractivity contribution in [1.29, 1.82) is 0 Å². The fourth-order valence-electron chi connectivity index (χ4n) is 4.77. The van der Waals surface area contributed by atoms with Crippen LogP contribution in [0.2, 0.25) is 0 Å². The van der Waals surface area contributed by atoms with Crippen molar-refractivity contribution in [1.82, 2.24) is 10.5 Å². The zero-order chi connectivity index (χ0) is 26.2. The first-order chi connectivity index (χ1) is 17.2. The number of carbonyl (C=O) groups excluding carboxylic acids is 2. The van der Waals surface area contributed by atoms with Crippen LogP contribution < -0.4 is 15.4 Å². The molecule has 1 aliphatic carbocycles. The van der Waals surface area contributed by atoms with Crippen LogP contribution >= 0.6 is 0 Å². The number of hydrogen-bond acceptors (Lipinski definition) is 7. The van der Waals surface area contributed by atoms with Crippen molar-refractivity contribution in [2.45, 2.75) is 85.0 Å². The van der Waals surface area contributed by atoms with E-state index in [1.807, 2.05) is 13.8 Å². The highest BCUT2D eigenvalue weighted by atomic mass is 16.6. The molecular formula is C27H39N3O6. The Morgan fingerprint density at radius 1 is 1.11 bits per heavy atom. The van der Waals surface area contributed by atoms with Crippen LogP contribution in [-0.2, 0) is 4.79 Å². The summed E-state index contributed by atoms with van der Waals surface area (Å²) in [5.41, 5.74) is 0.890. The standard InChI is InChI=1S/C27H39N3O6/c1-5-7-8-9-17-10-12-18(13-11-17)25(33)29-23-24(36-30-26(23)35-27(34)28-6-2)20-14-19(16(3)4)21(31)15-22(20)32/h14-18,31-32H,5-13H2,1-4H3,(H,28,34)(H,29,33). The van der Waals surface area contributed by atoms with E-state index < -0.39 is 6.09 Å². The predicted octanol–water partition coefficient (Wildman–Crippen LogP) is 6.31. The number of phenols is 2. The molecule has 1 aliphatic rings. The maximum absolute atomic E-state index is 13.3. The summed E-state index contributed by atoms with van der Waals surface area (Å²) in [6.07, 6.45) is 7.75. The van der Waals surface area contributed by atoms with Crippen LogP contribution in [0.3, 0.4) is 0 Å². The summed E-state index contributed by atoms with van der Waals surface area (Å²) in [5, 5.41) is 30.0. The van der Waals surface area contributed by atoms with Gasteiger partial charge in [-0.1, -0.05) is 46.5 Å². The van der Waals surface area contributed by atoms with Crippen molar-refractivity contribution in [2.75, 3.05) is 11.9 Å². The van der Waals surface area contributed by atoms with E-state index in [1.165, 1.54) is 31.7 Å². The molecular weight excluding hydrogens is 462 g/mol. The minimum Gasteiger partial charge on any atom is -0.508 e. The van der Waals surface area contributed by atoms with Crippen LogP contribution in [0.15, 0.2) is 16.7 Å². The minimum atomic E-state index is -0.738. The van der Waals surface area contributed by atoms with E-state index in [9.17, 15) is 19.8 Å². The van der Waals surface area contributed by atoms with Crippen LogP contribution in [0.4, 0.5) is 10.5 Å². The van der Waals surface area contributed by atoms with Gasteiger partial charge in [0.15, 0.2) is 11.4 Å². The summed E-state index contributed by atoms with van der Waals surface area (Å²) >= 11 is 0. The highest BCUT2D eigenvalue weighted by molar-refractivity contribution is 5.98. The largest absolute Gasteiger partial charge is 0.508 e. The number of phenolic OH excluding ortho intramolecular Hbond substituents is 2. The Hall–Kier alpha value is -3.23. The molecule has 0 atom stereocenters. The molecule has 4 N–H and O–H groups in total. The minimum absolute atomic E-state index is 0.0381. The number of nitrogens with one attached hydrogen (secondary N) is 2. The number of nitrogens with zero attached hydrogens (tertiary/aromatic N) is 1. The maximum Gasteiger partial charge on any atom is 0.414 e. The van der Waals surface area contributed by atoms with E-state index >= 15 is 0 Å². The third-order valence-electron chi connectivity index (χ3n) is 6.86. The van der Waals surface area contributed by atoms with Crippen molar-refractivity contribution < 1.29 is 29.1 Å². The number of ether oxygens (including phenoxy) is 1. The molecule has 1 fully saturated rings. The van der Waals surface area contributed by atoms with E-state index in [-0.39, 0.29) is 52.1 Å². The third-order valence-corrected chi connectivity index (χ3v) is 6.86. The normalized spacial score (nSPS) is 17.7. The highest BCUT2D eigenvalue weighted by Crippen LogP contribution is 2.44. The Kier molecular flexibility index (Phi) is 9.61. The fraction of sp³-hybridized carbons (Fsp3) is 0.593. The average molecular weight is 502 g/mol. The molecule has 2 amide bonds. The number of unbranched alkanes of at least 4 members (excludes halogenated alkanes) is 2. The summed E-state index contributed by atoms with van der Waals surface area (Å²) in [5.74, 6) is -0.199. The first-order valence-electron chi connectivity index (χ1n) is 13.1. The summed E-state index contributed by atoms with van der Waals surface area (Å²) in [4.78, 5) is 25.3. The van der Waals surface area contributed by atoms with E-state index in [4.69, 9.17) is 9.26 Å². The Balaban J connectivity index is 1.85. The number of rotatable bonds is 10. The van der Waals surface area contributed by atoms with Crippen LogP contribution in [0.1, 0.15) is 90.5 Å². The number of carbonyl (C=O) groups is 2. The van der Waals surface area contributed by atoms with Gasteiger partial charge in [0.05, 0.1) is 5.56 Å². The monoisotopic (exact) mass is 501 g/mol.